The maximum Gasteiger partial charge on any atom is 0.327 e. The lowest BCUT2D eigenvalue weighted by molar-refractivity contribution is -0.141. The van der Waals surface area contributed by atoms with E-state index in [0.717, 1.165) is 46.9 Å². The van der Waals surface area contributed by atoms with Crippen molar-refractivity contribution in [2.24, 2.45) is 4.99 Å². The fraction of sp³-hybridized carbons (Fsp3) is 0.304. The van der Waals surface area contributed by atoms with Gasteiger partial charge in [-0.15, -0.1) is 0 Å². The lowest BCUT2D eigenvalue weighted by Crippen LogP contribution is -2.24. The zero-order valence-corrected chi connectivity index (χ0v) is 17.0. The summed E-state index contributed by atoms with van der Waals surface area (Å²) >= 11 is 0. The Morgan fingerprint density at radius 2 is 2.00 bits per heavy atom. The summed E-state index contributed by atoms with van der Waals surface area (Å²) in [6, 6.07) is 13.6. The molecule has 0 aliphatic carbocycles. The second-order valence-electron chi connectivity index (χ2n) is 6.46. The summed E-state index contributed by atoms with van der Waals surface area (Å²) in [7, 11) is 3.31. The van der Waals surface area contributed by atoms with Crippen LogP contribution in [0.25, 0.3) is 5.70 Å². The molecule has 0 saturated carbocycles. The van der Waals surface area contributed by atoms with Gasteiger partial charge in [0.15, 0.2) is 0 Å². The van der Waals surface area contributed by atoms with Crippen LogP contribution in [0.4, 0.5) is 0 Å². The largest absolute Gasteiger partial charge is 0.497 e. The van der Waals surface area contributed by atoms with Crippen molar-refractivity contribution in [3.63, 3.8) is 0 Å². The zero-order valence-electron chi connectivity index (χ0n) is 17.0. The molecule has 2 aromatic carbocycles. The van der Waals surface area contributed by atoms with Gasteiger partial charge in [0.1, 0.15) is 18.0 Å². The van der Waals surface area contributed by atoms with E-state index in [1.165, 1.54) is 0 Å². The van der Waals surface area contributed by atoms with Gasteiger partial charge in [-0.3, -0.25) is 9.79 Å². The van der Waals surface area contributed by atoms with Crippen LogP contribution in [0, 0.1) is 0 Å². The summed E-state index contributed by atoms with van der Waals surface area (Å²) in [6.45, 7) is 2.86. The van der Waals surface area contributed by atoms with Crippen LogP contribution in [0.15, 0.2) is 53.5 Å². The average Bonchev–Trinajstić information content (AvgIpc) is 2.76. The van der Waals surface area contributed by atoms with E-state index in [-0.39, 0.29) is 12.5 Å². The van der Waals surface area contributed by atoms with Gasteiger partial charge in [0.25, 0.3) is 0 Å². The second-order valence-corrected chi connectivity index (χ2v) is 6.46. The number of aliphatic imine (C=N–C) groups is 1. The number of methoxy groups -OCH3 is 2. The zero-order chi connectivity index (χ0) is 20.6. The predicted molar refractivity (Wildman–Crippen MR) is 114 cm³/mol. The van der Waals surface area contributed by atoms with E-state index >= 15 is 0 Å². The SMILES string of the molecule is CCOC(=O)C/N=C(/C=C1\NCCc2c(OC)cccc21)c1cccc(OC)c1. The number of hydrogen-bond donors (Lipinski definition) is 1. The molecule has 1 aliphatic heterocycles. The number of esters is 1. The van der Waals surface area contributed by atoms with Crippen LogP contribution in [-0.2, 0) is 16.0 Å². The van der Waals surface area contributed by atoms with Gasteiger partial charge in [0, 0.05) is 28.9 Å². The molecular weight excluding hydrogens is 368 g/mol. The van der Waals surface area contributed by atoms with Gasteiger partial charge < -0.3 is 19.5 Å². The quantitative estimate of drug-likeness (QED) is 0.577. The van der Waals surface area contributed by atoms with Crippen LogP contribution in [0.3, 0.4) is 0 Å². The number of carbonyl (C=O) groups excluding carboxylic acids is 1. The van der Waals surface area contributed by atoms with Crippen molar-refractivity contribution in [3.05, 3.63) is 65.2 Å². The van der Waals surface area contributed by atoms with Gasteiger partial charge in [-0.05, 0) is 37.6 Å². The number of fused-ring (bicyclic) bond motifs is 1. The molecule has 0 bridgehead atoms. The minimum atomic E-state index is -0.357. The number of rotatable bonds is 7. The van der Waals surface area contributed by atoms with E-state index in [2.05, 4.69) is 16.4 Å². The fourth-order valence-electron chi connectivity index (χ4n) is 3.31. The van der Waals surface area contributed by atoms with Gasteiger partial charge in [0.2, 0.25) is 0 Å². The predicted octanol–water partition coefficient (Wildman–Crippen LogP) is 3.24. The molecule has 2 aromatic rings. The van der Waals surface area contributed by atoms with Crippen LogP contribution in [0.1, 0.15) is 23.6 Å². The highest BCUT2D eigenvalue weighted by atomic mass is 16.5. The molecule has 6 nitrogen and oxygen atoms in total. The van der Waals surface area contributed by atoms with E-state index in [0.29, 0.717) is 12.3 Å². The first-order valence-electron chi connectivity index (χ1n) is 9.62. The van der Waals surface area contributed by atoms with Crippen LogP contribution in [0.5, 0.6) is 11.5 Å². The fourth-order valence-corrected chi connectivity index (χ4v) is 3.31. The third kappa shape index (κ3) is 4.96. The molecule has 0 spiro atoms. The summed E-state index contributed by atoms with van der Waals surface area (Å²) < 4.78 is 15.9. The van der Waals surface area contributed by atoms with Gasteiger partial charge >= 0.3 is 5.97 Å². The van der Waals surface area contributed by atoms with Crippen molar-refractivity contribution in [2.75, 3.05) is 33.9 Å². The summed E-state index contributed by atoms with van der Waals surface area (Å²) in [4.78, 5) is 16.4. The van der Waals surface area contributed by atoms with E-state index < -0.39 is 0 Å². The summed E-state index contributed by atoms with van der Waals surface area (Å²) in [5.74, 6) is 1.25. The van der Waals surface area contributed by atoms with Crippen molar-refractivity contribution in [2.45, 2.75) is 13.3 Å². The Labute approximate surface area is 171 Å². The van der Waals surface area contributed by atoms with Gasteiger partial charge in [-0.25, -0.2) is 0 Å². The molecule has 0 saturated heterocycles. The first kappa shape index (κ1) is 20.5. The lowest BCUT2D eigenvalue weighted by atomic mass is 9.95. The van der Waals surface area contributed by atoms with E-state index in [1.807, 2.05) is 42.5 Å². The minimum absolute atomic E-state index is 0.0465. The highest BCUT2D eigenvalue weighted by molar-refractivity contribution is 6.13. The number of hydrogen-bond acceptors (Lipinski definition) is 6. The topological polar surface area (TPSA) is 69.2 Å². The first-order chi connectivity index (χ1) is 14.2. The third-order valence-corrected chi connectivity index (χ3v) is 4.66. The third-order valence-electron chi connectivity index (χ3n) is 4.66. The lowest BCUT2D eigenvalue weighted by Gasteiger charge is -2.23. The molecule has 0 unspecified atom stereocenters. The van der Waals surface area contributed by atoms with Crippen LogP contribution in [-0.4, -0.2) is 45.6 Å². The number of ether oxygens (including phenoxy) is 3. The number of nitrogens with zero attached hydrogens (tertiary/aromatic N) is 1. The van der Waals surface area contributed by atoms with E-state index in [9.17, 15) is 4.79 Å². The van der Waals surface area contributed by atoms with Gasteiger partial charge in [-0.1, -0.05) is 24.3 Å². The highest BCUT2D eigenvalue weighted by Gasteiger charge is 2.18. The van der Waals surface area contributed by atoms with Crippen molar-refractivity contribution >= 4 is 17.4 Å². The highest BCUT2D eigenvalue weighted by Crippen LogP contribution is 2.30. The van der Waals surface area contributed by atoms with Gasteiger partial charge in [0.05, 0.1) is 26.5 Å². The maximum atomic E-state index is 11.9. The molecule has 0 radical (unpaired) electrons. The summed E-state index contributed by atoms with van der Waals surface area (Å²) in [5, 5.41) is 3.45. The molecular formula is C23H26N2O4. The standard InChI is InChI=1S/C23H26N2O4/c1-4-29-23(26)15-25-20(16-7-5-8-17(13-16)27-2)14-21-18-9-6-10-22(28-3)19(18)11-12-24-21/h5-10,13-14,24H,4,11-12,15H2,1-3H3/b21-14-,25-20-. The molecule has 152 valence electrons. The number of carbonyl (C=O) groups is 1. The van der Waals surface area contributed by atoms with E-state index in [4.69, 9.17) is 14.2 Å². The van der Waals surface area contributed by atoms with E-state index in [1.54, 1.807) is 21.1 Å². The van der Waals surface area contributed by atoms with Crippen molar-refractivity contribution in [1.82, 2.24) is 5.32 Å². The monoisotopic (exact) mass is 394 g/mol. The molecule has 0 amide bonds. The average molecular weight is 394 g/mol. The Hall–Kier alpha value is -3.28. The minimum Gasteiger partial charge on any atom is -0.497 e. The molecule has 1 N–H and O–H groups in total. The number of nitrogens with one attached hydrogen (secondary N) is 1. The Balaban J connectivity index is 2.03. The number of benzene rings is 2. The Kier molecular flexibility index (Phi) is 6.89. The molecule has 0 fully saturated rings. The molecule has 1 aliphatic rings. The van der Waals surface area contributed by atoms with Crippen molar-refractivity contribution in [3.8, 4) is 11.5 Å². The molecule has 0 atom stereocenters. The molecule has 1 heterocycles. The van der Waals surface area contributed by atoms with Crippen molar-refractivity contribution < 1.29 is 19.0 Å². The summed E-state index contributed by atoms with van der Waals surface area (Å²) in [5.41, 5.74) is 4.71. The Morgan fingerprint density at radius 1 is 1.17 bits per heavy atom. The van der Waals surface area contributed by atoms with Crippen LogP contribution in [0.2, 0.25) is 0 Å². The van der Waals surface area contributed by atoms with Crippen molar-refractivity contribution in [1.29, 1.82) is 0 Å². The summed E-state index contributed by atoms with van der Waals surface area (Å²) in [6.07, 6.45) is 2.84. The molecule has 29 heavy (non-hydrogen) atoms. The molecule has 3 rings (SSSR count). The van der Waals surface area contributed by atoms with Crippen LogP contribution >= 0.6 is 0 Å². The second kappa shape index (κ2) is 9.78. The molecule has 6 heteroatoms. The smallest absolute Gasteiger partial charge is 0.327 e. The number of allylic oxidation sites excluding steroid dienone is 1. The Bertz CT molecular complexity index is 934. The van der Waals surface area contributed by atoms with Crippen LogP contribution < -0.4 is 14.8 Å². The normalized spacial score (nSPS) is 14.7. The Morgan fingerprint density at radius 3 is 2.76 bits per heavy atom. The molecule has 0 aromatic heterocycles. The maximum absolute atomic E-state index is 11.9. The first-order valence-corrected chi connectivity index (χ1v) is 9.62. The van der Waals surface area contributed by atoms with Gasteiger partial charge in [-0.2, -0.15) is 0 Å².